The third kappa shape index (κ3) is 3.46. The molecule has 5 heteroatoms. The van der Waals surface area contributed by atoms with Crippen molar-refractivity contribution in [3.8, 4) is 0 Å². The van der Waals surface area contributed by atoms with Crippen LogP contribution in [-0.2, 0) is 0 Å². The fourth-order valence-electron chi connectivity index (χ4n) is 3.81. The van der Waals surface area contributed by atoms with E-state index in [0.717, 1.165) is 43.5 Å². The molecule has 5 nitrogen and oxygen atoms in total. The van der Waals surface area contributed by atoms with Crippen molar-refractivity contribution in [3.05, 3.63) is 24.3 Å². The molecule has 1 atom stereocenters. The normalized spacial score (nSPS) is 22.3. The fourth-order valence-corrected chi connectivity index (χ4v) is 3.81. The minimum Gasteiger partial charge on any atom is -0.356 e. The number of aromatic nitrogens is 2. The van der Waals surface area contributed by atoms with Crippen LogP contribution in [0.3, 0.4) is 0 Å². The summed E-state index contributed by atoms with van der Waals surface area (Å²) >= 11 is 0. The van der Waals surface area contributed by atoms with Gasteiger partial charge in [-0.3, -0.25) is 0 Å². The highest BCUT2D eigenvalue weighted by atomic mass is 15.2. The van der Waals surface area contributed by atoms with Crippen LogP contribution in [0.1, 0.15) is 38.5 Å². The van der Waals surface area contributed by atoms with E-state index in [-0.39, 0.29) is 0 Å². The molecule has 2 aliphatic heterocycles. The molecule has 0 amide bonds. The van der Waals surface area contributed by atoms with E-state index in [0.29, 0.717) is 6.04 Å². The Hall–Kier alpha value is -1.88. The van der Waals surface area contributed by atoms with Gasteiger partial charge in [0.25, 0.3) is 0 Å². The molecule has 2 aromatic rings. The molecule has 2 N–H and O–H groups in total. The van der Waals surface area contributed by atoms with Gasteiger partial charge in [0.2, 0.25) is 5.95 Å². The van der Waals surface area contributed by atoms with E-state index in [9.17, 15) is 0 Å². The van der Waals surface area contributed by atoms with E-state index in [1.807, 2.05) is 0 Å². The van der Waals surface area contributed by atoms with Crippen molar-refractivity contribution >= 4 is 22.7 Å². The molecular formula is C19H27N5. The molecule has 2 saturated heterocycles. The topological polar surface area (TPSA) is 53.1 Å². The summed E-state index contributed by atoms with van der Waals surface area (Å²) < 4.78 is 0. The number of hydrogen-bond donors (Lipinski definition) is 2. The summed E-state index contributed by atoms with van der Waals surface area (Å²) in [5.41, 5.74) is 1.04. The Bertz CT molecular complexity index is 673. The quantitative estimate of drug-likeness (QED) is 0.908. The lowest BCUT2D eigenvalue weighted by atomic mass is 10.1. The molecule has 3 heterocycles. The average Bonchev–Trinajstić information content (AvgIpc) is 2.91. The second kappa shape index (κ2) is 7.34. The predicted molar refractivity (Wildman–Crippen MR) is 99.7 cm³/mol. The van der Waals surface area contributed by atoms with Crippen molar-refractivity contribution in [1.82, 2.24) is 15.3 Å². The summed E-state index contributed by atoms with van der Waals surface area (Å²) in [4.78, 5) is 12.2. The molecule has 2 fully saturated rings. The largest absolute Gasteiger partial charge is 0.356 e. The molecule has 1 aromatic heterocycles. The van der Waals surface area contributed by atoms with Crippen molar-refractivity contribution < 1.29 is 0 Å². The van der Waals surface area contributed by atoms with Crippen molar-refractivity contribution in [2.75, 3.05) is 36.4 Å². The minimum atomic E-state index is 0.428. The van der Waals surface area contributed by atoms with E-state index in [1.165, 1.54) is 43.9 Å². The smallest absolute Gasteiger partial charge is 0.225 e. The second-order valence-corrected chi connectivity index (χ2v) is 6.98. The van der Waals surface area contributed by atoms with Gasteiger partial charge >= 0.3 is 0 Å². The summed E-state index contributed by atoms with van der Waals surface area (Å²) in [6, 6.07) is 8.83. The number of anilines is 2. The zero-order valence-corrected chi connectivity index (χ0v) is 14.3. The van der Waals surface area contributed by atoms with E-state index in [1.54, 1.807) is 0 Å². The third-order valence-electron chi connectivity index (χ3n) is 5.12. The van der Waals surface area contributed by atoms with Crippen LogP contribution in [0.25, 0.3) is 10.9 Å². The number of rotatable bonds is 3. The molecule has 128 valence electrons. The van der Waals surface area contributed by atoms with Crippen LogP contribution in [0.4, 0.5) is 11.8 Å². The van der Waals surface area contributed by atoms with Gasteiger partial charge in [-0.1, -0.05) is 25.0 Å². The minimum absolute atomic E-state index is 0.428. The molecular weight excluding hydrogens is 298 g/mol. The molecule has 0 saturated carbocycles. The van der Waals surface area contributed by atoms with Crippen LogP contribution in [0.15, 0.2) is 24.3 Å². The van der Waals surface area contributed by atoms with Crippen LogP contribution in [-0.4, -0.2) is 42.2 Å². The maximum absolute atomic E-state index is 4.94. The first-order valence-electron chi connectivity index (χ1n) is 9.39. The van der Waals surface area contributed by atoms with Gasteiger partial charge in [0.1, 0.15) is 5.82 Å². The van der Waals surface area contributed by atoms with Crippen LogP contribution < -0.4 is 15.5 Å². The number of fused-ring (bicyclic) bond motifs is 1. The van der Waals surface area contributed by atoms with Gasteiger partial charge in [0, 0.05) is 31.1 Å². The molecule has 4 rings (SSSR count). The van der Waals surface area contributed by atoms with Gasteiger partial charge in [0.05, 0.1) is 5.52 Å². The van der Waals surface area contributed by atoms with Crippen LogP contribution in [0.2, 0.25) is 0 Å². The first-order chi connectivity index (χ1) is 11.9. The number of nitrogens with one attached hydrogen (secondary N) is 2. The Balaban J connectivity index is 1.67. The zero-order chi connectivity index (χ0) is 16.2. The zero-order valence-electron chi connectivity index (χ0n) is 14.3. The van der Waals surface area contributed by atoms with Gasteiger partial charge in [-0.05, 0) is 44.4 Å². The van der Waals surface area contributed by atoms with Crippen LogP contribution in [0, 0.1) is 0 Å². The lowest BCUT2D eigenvalue weighted by molar-refractivity contribution is 0.478. The Morgan fingerprint density at radius 2 is 1.83 bits per heavy atom. The van der Waals surface area contributed by atoms with Crippen LogP contribution >= 0.6 is 0 Å². The highest BCUT2D eigenvalue weighted by Crippen LogP contribution is 2.27. The molecule has 24 heavy (non-hydrogen) atoms. The SMILES string of the molecule is c1ccc2c(N3CCCCCC3)nc(NC3CCCNC3)nc2c1. The first-order valence-corrected chi connectivity index (χ1v) is 9.39. The van der Waals surface area contributed by atoms with Gasteiger partial charge in [-0.25, -0.2) is 4.98 Å². The molecule has 2 aliphatic rings. The number of para-hydroxylation sites is 1. The third-order valence-corrected chi connectivity index (χ3v) is 5.12. The summed E-state index contributed by atoms with van der Waals surface area (Å²) in [5, 5.41) is 8.18. The number of benzene rings is 1. The van der Waals surface area contributed by atoms with E-state index < -0.39 is 0 Å². The summed E-state index contributed by atoms with van der Waals surface area (Å²) in [7, 11) is 0. The van der Waals surface area contributed by atoms with Crippen molar-refractivity contribution in [3.63, 3.8) is 0 Å². The average molecular weight is 325 g/mol. The van der Waals surface area contributed by atoms with E-state index in [4.69, 9.17) is 9.97 Å². The number of nitrogens with zero attached hydrogens (tertiary/aromatic N) is 3. The summed E-state index contributed by atoms with van der Waals surface area (Å²) in [5.74, 6) is 1.88. The van der Waals surface area contributed by atoms with Gasteiger partial charge in [-0.15, -0.1) is 0 Å². The first kappa shape index (κ1) is 15.6. The summed E-state index contributed by atoms with van der Waals surface area (Å²) in [6.07, 6.45) is 7.57. The Morgan fingerprint density at radius 1 is 1.00 bits per heavy atom. The molecule has 0 radical (unpaired) electrons. The second-order valence-electron chi connectivity index (χ2n) is 6.98. The number of piperidine rings is 1. The molecule has 0 spiro atoms. The summed E-state index contributed by atoms with van der Waals surface area (Å²) in [6.45, 7) is 4.32. The Morgan fingerprint density at radius 3 is 2.62 bits per heavy atom. The maximum atomic E-state index is 4.94. The Kier molecular flexibility index (Phi) is 4.78. The van der Waals surface area contributed by atoms with E-state index in [2.05, 4.69) is 39.8 Å². The van der Waals surface area contributed by atoms with Gasteiger partial charge in [0.15, 0.2) is 0 Å². The van der Waals surface area contributed by atoms with Crippen LogP contribution in [0.5, 0.6) is 0 Å². The van der Waals surface area contributed by atoms with Gasteiger partial charge in [-0.2, -0.15) is 4.98 Å². The molecule has 0 aliphatic carbocycles. The standard InChI is InChI=1S/C19H27N5/c1-2-6-13-24(12-5-1)18-16-9-3-4-10-17(16)22-19(23-18)21-15-8-7-11-20-14-15/h3-4,9-10,15,20H,1-2,5-8,11-14H2,(H,21,22,23). The molecule has 0 bridgehead atoms. The van der Waals surface area contributed by atoms with Crippen molar-refractivity contribution in [1.29, 1.82) is 0 Å². The maximum Gasteiger partial charge on any atom is 0.225 e. The van der Waals surface area contributed by atoms with Crippen molar-refractivity contribution in [2.45, 2.75) is 44.6 Å². The van der Waals surface area contributed by atoms with E-state index >= 15 is 0 Å². The number of hydrogen-bond acceptors (Lipinski definition) is 5. The Labute approximate surface area is 143 Å². The lowest BCUT2D eigenvalue weighted by Gasteiger charge is -2.26. The highest BCUT2D eigenvalue weighted by molar-refractivity contribution is 5.90. The predicted octanol–water partition coefficient (Wildman–Crippen LogP) is 3.17. The van der Waals surface area contributed by atoms with Crippen molar-refractivity contribution in [2.24, 2.45) is 0 Å². The van der Waals surface area contributed by atoms with Gasteiger partial charge < -0.3 is 15.5 Å². The molecule has 1 aromatic carbocycles. The highest BCUT2D eigenvalue weighted by Gasteiger charge is 2.18. The fraction of sp³-hybridized carbons (Fsp3) is 0.579. The monoisotopic (exact) mass is 325 g/mol. The lowest BCUT2D eigenvalue weighted by Crippen LogP contribution is -2.39. The molecule has 1 unspecified atom stereocenters.